The molecule has 0 heterocycles. The predicted molar refractivity (Wildman–Crippen MR) is 69.9 cm³/mol. The summed E-state index contributed by atoms with van der Waals surface area (Å²) in [6.45, 7) is 1.12. The number of carbonyl (C=O) groups excluding carboxylic acids is 3. The lowest BCUT2D eigenvalue weighted by Crippen LogP contribution is -2.22. The normalized spacial score (nSPS) is 11.4. The molecule has 0 saturated heterocycles. The van der Waals surface area contributed by atoms with E-state index < -0.39 is 34.3 Å². The van der Waals surface area contributed by atoms with Gasteiger partial charge in [-0.1, -0.05) is 0 Å². The SMILES string of the molecule is COC(=O)c1ccc(C(C(C)=O)C(=O)OC)c([N+](=O)[O-])c1. The molecule has 0 bridgehead atoms. The van der Waals surface area contributed by atoms with Crippen LogP contribution < -0.4 is 0 Å². The maximum absolute atomic E-state index is 11.6. The van der Waals surface area contributed by atoms with E-state index in [1.54, 1.807) is 0 Å². The minimum absolute atomic E-state index is 0.0554. The van der Waals surface area contributed by atoms with Crippen molar-refractivity contribution in [3.63, 3.8) is 0 Å². The summed E-state index contributed by atoms with van der Waals surface area (Å²) in [7, 11) is 2.21. The molecule has 0 amide bonds. The third-order valence-corrected chi connectivity index (χ3v) is 2.80. The molecule has 1 atom stereocenters. The molecule has 1 aromatic carbocycles. The molecule has 1 aromatic rings. The van der Waals surface area contributed by atoms with Crippen LogP contribution in [0, 0.1) is 10.1 Å². The second-order valence-corrected chi connectivity index (χ2v) is 4.09. The fraction of sp³-hybridized carbons (Fsp3) is 0.308. The van der Waals surface area contributed by atoms with Crippen molar-refractivity contribution in [1.82, 2.24) is 0 Å². The Morgan fingerprint density at radius 1 is 1.19 bits per heavy atom. The lowest BCUT2D eigenvalue weighted by atomic mass is 9.93. The lowest BCUT2D eigenvalue weighted by Gasteiger charge is -2.12. The van der Waals surface area contributed by atoms with Crippen molar-refractivity contribution in [2.24, 2.45) is 0 Å². The van der Waals surface area contributed by atoms with Crippen LogP contribution in [0.3, 0.4) is 0 Å². The number of hydrogen-bond acceptors (Lipinski definition) is 7. The van der Waals surface area contributed by atoms with Crippen molar-refractivity contribution in [2.45, 2.75) is 12.8 Å². The molecule has 8 nitrogen and oxygen atoms in total. The van der Waals surface area contributed by atoms with Gasteiger partial charge in [0.15, 0.2) is 0 Å². The molecule has 0 aliphatic rings. The highest BCUT2D eigenvalue weighted by molar-refractivity contribution is 6.04. The standard InChI is InChI=1S/C13H13NO7/c1-7(15)11(13(17)21-3)9-5-4-8(12(16)20-2)6-10(9)14(18)19/h4-6,11H,1-3H3. The zero-order valence-electron chi connectivity index (χ0n) is 11.6. The van der Waals surface area contributed by atoms with E-state index in [0.717, 1.165) is 27.2 Å². The fourth-order valence-electron chi connectivity index (χ4n) is 1.82. The van der Waals surface area contributed by atoms with E-state index in [1.807, 2.05) is 0 Å². The Bertz CT molecular complexity index is 609. The maximum Gasteiger partial charge on any atom is 0.338 e. The first-order chi connectivity index (χ1) is 9.83. The topological polar surface area (TPSA) is 113 Å². The Balaban J connectivity index is 3.47. The maximum atomic E-state index is 11.6. The van der Waals surface area contributed by atoms with Crippen molar-refractivity contribution in [1.29, 1.82) is 0 Å². The van der Waals surface area contributed by atoms with Crippen molar-refractivity contribution in [3.8, 4) is 0 Å². The first-order valence-electron chi connectivity index (χ1n) is 5.78. The zero-order valence-corrected chi connectivity index (χ0v) is 11.6. The molecule has 0 spiro atoms. The van der Waals surface area contributed by atoms with Gasteiger partial charge in [-0.15, -0.1) is 0 Å². The molecule has 0 saturated carbocycles. The molecule has 112 valence electrons. The molecule has 0 radical (unpaired) electrons. The van der Waals surface area contributed by atoms with Crippen LogP contribution in [0.15, 0.2) is 18.2 Å². The Morgan fingerprint density at radius 2 is 1.81 bits per heavy atom. The summed E-state index contributed by atoms with van der Waals surface area (Å²) in [5.41, 5.74) is -0.712. The summed E-state index contributed by atoms with van der Waals surface area (Å²) in [5, 5.41) is 11.1. The van der Waals surface area contributed by atoms with Crippen LogP contribution in [0.25, 0.3) is 0 Å². The summed E-state index contributed by atoms with van der Waals surface area (Å²) in [5.74, 6) is -3.68. The van der Waals surface area contributed by atoms with Gasteiger partial charge >= 0.3 is 11.9 Å². The largest absolute Gasteiger partial charge is 0.468 e. The second-order valence-electron chi connectivity index (χ2n) is 4.09. The number of nitrogens with zero attached hydrogens (tertiary/aromatic N) is 1. The Morgan fingerprint density at radius 3 is 2.24 bits per heavy atom. The molecule has 0 fully saturated rings. The molecule has 0 N–H and O–H groups in total. The number of Topliss-reactive ketones (excluding diaryl/α,β-unsaturated/α-hetero) is 1. The monoisotopic (exact) mass is 295 g/mol. The van der Waals surface area contributed by atoms with E-state index in [1.165, 1.54) is 12.1 Å². The summed E-state index contributed by atoms with van der Waals surface area (Å²) < 4.78 is 8.96. The van der Waals surface area contributed by atoms with Gasteiger partial charge in [0.1, 0.15) is 11.7 Å². The number of ketones is 1. The highest BCUT2D eigenvalue weighted by Gasteiger charge is 2.33. The van der Waals surface area contributed by atoms with Gasteiger partial charge in [-0.25, -0.2) is 4.79 Å². The van der Waals surface area contributed by atoms with Crippen LogP contribution >= 0.6 is 0 Å². The van der Waals surface area contributed by atoms with Gasteiger partial charge < -0.3 is 9.47 Å². The molecule has 21 heavy (non-hydrogen) atoms. The number of nitro benzene ring substituents is 1. The first-order valence-corrected chi connectivity index (χ1v) is 5.78. The second kappa shape index (κ2) is 6.60. The highest BCUT2D eigenvalue weighted by Crippen LogP contribution is 2.29. The number of nitro groups is 1. The van der Waals surface area contributed by atoms with Crippen LogP contribution in [-0.2, 0) is 19.1 Å². The zero-order chi connectivity index (χ0) is 16.2. The molecule has 0 aliphatic heterocycles. The van der Waals surface area contributed by atoms with Gasteiger partial charge in [0.05, 0.1) is 30.3 Å². The molecule has 1 rings (SSSR count). The van der Waals surface area contributed by atoms with Gasteiger partial charge in [0.25, 0.3) is 5.69 Å². The molecular formula is C13H13NO7. The number of carbonyl (C=O) groups is 3. The van der Waals surface area contributed by atoms with E-state index in [4.69, 9.17) is 0 Å². The van der Waals surface area contributed by atoms with Crippen LogP contribution in [-0.4, -0.2) is 36.9 Å². The number of ether oxygens (including phenoxy) is 2. The van der Waals surface area contributed by atoms with Crippen molar-refractivity contribution in [3.05, 3.63) is 39.4 Å². The minimum atomic E-state index is -1.41. The number of benzene rings is 1. The molecule has 8 heteroatoms. The molecular weight excluding hydrogens is 282 g/mol. The molecule has 0 aromatic heterocycles. The molecule has 0 aliphatic carbocycles. The van der Waals surface area contributed by atoms with Gasteiger partial charge in [-0.2, -0.15) is 0 Å². The highest BCUT2D eigenvalue weighted by atomic mass is 16.6. The van der Waals surface area contributed by atoms with E-state index in [-0.39, 0.29) is 11.1 Å². The van der Waals surface area contributed by atoms with Crippen molar-refractivity contribution in [2.75, 3.05) is 14.2 Å². The number of rotatable bonds is 5. The third kappa shape index (κ3) is 3.41. The summed E-state index contributed by atoms with van der Waals surface area (Å²) >= 11 is 0. The van der Waals surface area contributed by atoms with Gasteiger partial charge in [-0.05, 0) is 19.1 Å². The van der Waals surface area contributed by atoms with Crippen LogP contribution in [0.4, 0.5) is 5.69 Å². The van der Waals surface area contributed by atoms with Gasteiger partial charge in [-0.3, -0.25) is 19.7 Å². The summed E-state index contributed by atoms with van der Waals surface area (Å²) in [6.07, 6.45) is 0. The summed E-state index contributed by atoms with van der Waals surface area (Å²) in [4.78, 5) is 45.0. The van der Waals surface area contributed by atoms with Crippen molar-refractivity contribution >= 4 is 23.4 Å². The minimum Gasteiger partial charge on any atom is -0.468 e. The van der Waals surface area contributed by atoms with Crippen LogP contribution in [0.2, 0.25) is 0 Å². The Hall–Kier alpha value is -2.77. The Labute approximate surface area is 119 Å². The van der Waals surface area contributed by atoms with E-state index in [2.05, 4.69) is 9.47 Å². The fourth-order valence-corrected chi connectivity index (χ4v) is 1.82. The van der Waals surface area contributed by atoms with E-state index >= 15 is 0 Å². The van der Waals surface area contributed by atoms with Crippen molar-refractivity contribution < 1.29 is 28.8 Å². The third-order valence-electron chi connectivity index (χ3n) is 2.80. The average molecular weight is 295 g/mol. The smallest absolute Gasteiger partial charge is 0.338 e. The average Bonchev–Trinajstić information content (AvgIpc) is 2.45. The van der Waals surface area contributed by atoms with E-state index in [9.17, 15) is 24.5 Å². The number of methoxy groups -OCH3 is 2. The number of hydrogen-bond donors (Lipinski definition) is 0. The van der Waals surface area contributed by atoms with Crippen LogP contribution in [0.5, 0.6) is 0 Å². The Kier molecular flexibility index (Phi) is 5.12. The lowest BCUT2D eigenvalue weighted by molar-refractivity contribution is -0.385. The quantitative estimate of drug-likeness (QED) is 0.347. The van der Waals surface area contributed by atoms with Crippen LogP contribution in [0.1, 0.15) is 28.8 Å². The predicted octanol–water partition coefficient (Wildman–Crippen LogP) is 1.23. The van der Waals surface area contributed by atoms with E-state index in [0.29, 0.717) is 0 Å². The summed E-state index contributed by atoms with van der Waals surface area (Å²) in [6, 6.07) is 3.38. The van der Waals surface area contributed by atoms with Gasteiger partial charge in [0, 0.05) is 6.07 Å². The first kappa shape index (κ1) is 16.3. The number of esters is 2. The molecule has 1 unspecified atom stereocenters. The van der Waals surface area contributed by atoms with Gasteiger partial charge in [0.2, 0.25) is 0 Å².